The number of hydrogen-bond donors (Lipinski definition) is 1. The number of anilines is 1. The molecule has 1 saturated heterocycles. The van der Waals surface area contributed by atoms with Gasteiger partial charge in [-0.2, -0.15) is 0 Å². The van der Waals surface area contributed by atoms with Gasteiger partial charge in [0.1, 0.15) is 23.9 Å². The quantitative estimate of drug-likeness (QED) is 0.641. The second-order valence-corrected chi connectivity index (χ2v) is 5.70. The Bertz CT molecular complexity index is 913. The van der Waals surface area contributed by atoms with Crippen molar-refractivity contribution in [1.82, 2.24) is 9.80 Å². The Balaban J connectivity index is 1.71. The summed E-state index contributed by atoms with van der Waals surface area (Å²) in [6.45, 7) is -0.979. The molecule has 2 aromatic rings. The number of carbonyl (C=O) groups excluding carboxylic acids is 4. The molecule has 138 valence electrons. The minimum absolute atomic E-state index is 0.135. The predicted octanol–water partition coefficient (Wildman–Crippen LogP) is 1.89. The summed E-state index contributed by atoms with van der Waals surface area (Å²) in [5.74, 6) is -5.29. The van der Waals surface area contributed by atoms with Crippen LogP contribution in [0.2, 0.25) is 0 Å². The second-order valence-electron chi connectivity index (χ2n) is 5.70. The molecule has 1 heterocycles. The highest BCUT2D eigenvalue weighted by molar-refractivity contribution is 6.45. The van der Waals surface area contributed by atoms with Gasteiger partial charge in [-0.3, -0.25) is 19.3 Å². The molecule has 9 heteroatoms. The third-order valence-electron chi connectivity index (χ3n) is 3.85. The van der Waals surface area contributed by atoms with Crippen LogP contribution < -0.4 is 5.32 Å². The van der Waals surface area contributed by atoms with E-state index in [1.165, 1.54) is 0 Å². The third kappa shape index (κ3) is 3.66. The van der Waals surface area contributed by atoms with E-state index in [4.69, 9.17) is 0 Å². The standard InChI is InChI=1S/C18H13F2N3O4/c19-12-7-4-8-13(20)15(12)21-14(24)10-23-17(26)16(25)22(18(23)27)9-11-5-2-1-3-6-11/h1-8H,9-10H2,(H,21,24). The van der Waals surface area contributed by atoms with Gasteiger partial charge in [-0.25, -0.2) is 18.5 Å². The number of amides is 5. The third-order valence-corrected chi connectivity index (χ3v) is 3.85. The number of hydrogen-bond acceptors (Lipinski definition) is 4. The minimum Gasteiger partial charge on any atom is -0.320 e. The van der Waals surface area contributed by atoms with E-state index in [0.29, 0.717) is 15.4 Å². The van der Waals surface area contributed by atoms with Gasteiger partial charge >= 0.3 is 17.8 Å². The maximum Gasteiger partial charge on any atom is 0.335 e. The van der Waals surface area contributed by atoms with E-state index in [1.807, 2.05) is 5.32 Å². The lowest BCUT2D eigenvalue weighted by molar-refractivity contribution is -0.143. The van der Waals surface area contributed by atoms with Crippen LogP contribution in [0.25, 0.3) is 0 Å². The van der Waals surface area contributed by atoms with Crippen LogP contribution in [0.1, 0.15) is 5.56 Å². The maximum absolute atomic E-state index is 13.6. The van der Waals surface area contributed by atoms with Gasteiger partial charge in [0.25, 0.3) is 0 Å². The zero-order valence-electron chi connectivity index (χ0n) is 13.8. The molecule has 1 fully saturated rings. The SMILES string of the molecule is O=C(CN1C(=O)C(=O)N(Cc2ccccc2)C1=O)Nc1c(F)cccc1F. The number of benzene rings is 2. The molecule has 1 aliphatic heterocycles. The van der Waals surface area contributed by atoms with Crippen molar-refractivity contribution < 1.29 is 28.0 Å². The van der Waals surface area contributed by atoms with Gasteiger partial charge in [0.05, 0.1) is 6.54 Å². The first kappa shape index (κ1) is 18.2. The number of halogens is 2. The summed E-state index contributed by atoms with van der Waals surface area (Å²) in [6, 6.07) is 10.5. The number of rotatable bonds is 5. The molecule has 0 saturated carbocycles. The topological polar surface area (TPSA) is 86.8 Å². The molecule has 5 amide bonds. The lowest BCUT2D eigenvalue weighted by Gasteiger charge is -2.15. The van der Waals surface area contributed by atoms with E-state index >= 15 is 0 Å². The predicted molar refractivity (Wildman–Crippen MR) is 89.1 cm³/mol. The van der Waals surface area contributed by atoms with Crippen molar-refractivity contribution in [1.29, 1.82) is 0 Å². The van der Waals surface area contributed by atoms with Gasteiger partial charge in [-0.05, 0) is 17.7 Å². The van der Waals surface area contributed by atoms with E-state index in [2.05, 4.69) is 0 Å². The van der Waals surface area contributed by atoms with E-state index in [-0.39, 0.29) is 6.54 Å². The Kier molecular flexibility index (Phi) is 4.93. The van der Waals surface area contributed by atoms with Crippen LogP contribution in [0.5, 0.6) is 0 Å². The summed E-state index contributed by atoms with van der Waals surface area (Å²) in [5.41, 5.74) is -0.0826. The Morgan fingerprint density at radius 2 is 1.44 bits per heavy atom. The molecule has 3 rings (SSSR count). The molecule has 0 atom stereocenters. The van der Waals surface area contributed by atoms with Crippen molar-refractivity contribution in [2.24, 2.45) is 0 Å². The van der Waals surface area contributed by atoms with Gasteiger partial charge in [0.2, 0.25) is 5.91 Å². The summed E-state index contributed by atoms with van der Waals surface area (Å²) < 4.78 is 27.2. The first-order valence-corrected chi connectivity index (χ1v) is 7.83. The van der Waals surface area contributed by atoms with Gasteiger partial charge in [0, 0.05) is 0 Å². The number of nitrogens with one attached hydrogen (secondary N) is 1. The number of carbonyl (C=O) groups is 4. The normalized spacial score (nSPS) is 14.1. The van der Waals surface area contributed by atoms with E-state index in [0.717, 1.165) is 18.2 Å². The highest BCUT2D eigenvalue weighted by Gasteiger charge is 2.45. The molecule has 0 aliphatic carbocycles. The fraction of sp³-hybridized carbons (Fsp3) is 0.111. The summed E-state index contributed by atoms with van der Waals surface area (Å²) in [4.78, 5) is 49.5. The maximum atomic E-state index is 13.6. The molecular formula is C18H13F2N3O4. The summed E-state index contributed by atoms with van der Waals surface area (Å²) in [5, 5.41) is 1.96. The molecule has 1 aliphatic rings. The Morgan fingerprint density at radius 3 is 2.07 bits per heavy atom. The summed E-state index contributed by atoms with van der Waals surface area (Å²) in [7, 11) is 0. The molecule has 7 nitrogen and oxygen atoms in total. The highest BCUT2D eigenvalue weighted by Crippen LogP contribution is 2.19. The van der Waals surface area contributed by atoms with Crippen LogP contribution >= 0.6 is 0 Å². The van der Waals surface area contributed by atoms with Crippen molar-refractivity contribution in [3.05, 3.63) is 65.7 Å². The largest absolute Gasteiger partial charge is 0.335 e. The number of imide groups is 2. The fourth-order valence-electron chi connectivity index (χ4n) is 2.54. The zero-order chi connectivity index (χ0) is 19.6. The number of para-hydroxylation sites is 1. The monoisotopic (exact) mass is 373 g/mol. The van der Waals surface area contributed by atoms with Crippen molar-refractivity contribution >= 4 is 29.4 Å². The highest BCUT2D eigenvalue weighted by atomic mass is 19.1. The minimum atomic E-state index is -1.18. The van der Waals surface area contributed by atoms with Crippen LogP contribution in [0, 0.1) is 11.6 Å². The lowest BCUT2D eigenvalue weighted by atomic mass is 10.2. The van der Waals surface area contributed by atoms with Gasteiger partial charge in [0.15, 0.2) is 0 Å². The van der Waals surface area contributed by atoms with Crippen molar-refractivity contribution in [3.8, 4) is 0 Å². The molecule has 1 N–H and O–H groups in total. The van der Waals surface area contributed by atoms with Crippen LogP contribution in [0.15, 0.2) is 48.5 Å². The smallest absolute Gasteiger partial charge is 0.320 e. The Labute approximate surface area is 152 Å². The Morgan fingerprint density at radius 1 is 0.852 bits per heavy atom. The first-order chi connectivity index (χ1) is 12.9. The average molecular weight is 373 g/mol. The van der Waals surface area contributed by atoms with Gasteiger partial charge < -0.3 is 5.32 Å². The lowest BCUT2D eigenvalue weighted by Crippen LogP contribution is -2.39. The zero-order valence-corrected chi connectivity index (χ0v) is 13.8. The molecule has 0 radical (unpaired) electrons. The van der Waals surface area contributed by atoms with Crippen molar-refractivity contribution in [2.45, 2.75) is 6.54 Å². The molecule has 2 aromatic carbocycles. The number of urea groups is 1. The average Bonchev–Trinajstić information content (AvgIpc) is 2.84. The number of nitrogens with zero attached hydrogens (tertiary/aromatic N) is 2. The van der Waals surface area contributed by atoms with E-state index in [9.17, 15) is 28.0 Å². The fourth-order valence-corrected chi connectivity index (χ4v) is 2.54. The van der Waals surface area contributed by atoms with Crippen LogP contribution in [-0.2, 0) is 20.9 Å². The van der Waals surface area contributed by atoms with E-state index in [1.54, 1.807) is 30.3 Å². The Hall–Kier alpha value is -3.62. The molecule has 27 heavy (non-hydrogen) atoms. The molecule has 0 spiro atoms. The first-order valence-electron chi connectivity index (χ1n) is 7.83. The van der Waals surface area contributed by atoms with Crippen LogP contribution in [0.4, 0.5) is 19.3 Å². The second kappa shape index (κ2) is 7.32. The van der Waals surface area contributed by atoms with Gasteiger partial charge in [-0.1, -0.05) is 36.4 Å². The van der Waals surface area contributed by atoms with E-state index < -0.39 is 47.6 Å². The van der Waals surface area contributed by atoms with Crippen LogP contribution in [0.3, 0.4) is 0 Å². The van der Waals surface area contributed by atoms with Crippen molar-refractivity contribution in [3.63, 3.8) is 0 Å². The molecular weight excluding hydrogens is 360 g/mol. The molecule has 0 bridgehead atoms. The molecule has 0 unspecified atom stereocenters. The summed E-state index contributed by atoms with van der Waals surface area (Å²) in [6.07, 6.45) is 0. The van der Waals surface area contributed by atoms with Gasteiger partial charge in [-0.15, -0.1) is 0 Å². The van der Waals surface area contributed by atoms with Crippen molar-refractivity contribution in [2.75, 3.05) is 11.9 Å². The molecule has 0 aromatic heterocycles. The summed E-state index contributed by atoms with van der Waals surface area (Å²) >= 11 is 0. The van der Waals surface area contributed by atoms with Crippen LogP contribution in [-0.4, -0.2) is 40.1 Å².